The third kappa shape index (κ3) is 11.3. The summed E-state index contributed by atoms with van der Waals surface area (Å²) in [4.78, 5) is 14.7. The van der Waals surface area contributed by atoms with Crippen LogP contribution in [0.3, 0.4) is 0 Å². The zero-order chi connectivity index (χ0) is 23.8. The van der Waals surface area contributed by atoms with Crippen molar-refractivity contribution in [1.82, 2.24) is 0 Å². The van der Waals surface area contributed by atoms with Gasteiger partial charge >= 0.3 is 8.09 Å². The summed E-state index contributed by atoms with van der Waals surface area (Å²) in [5.41, 5.74) is -0.00449. The van der Waals surface area contributed by atoms with Crippen molar-refractivity contribution in [2.45, 2.75) is 76.6 Å². The zero-order valence-corrected chi connectivity index (χ0v) is 21.5. The summed E-state index contributed by atoms with van der Waals surface area (Å²) in [5.74, 6) is 0. The maximum absolute atomic E-state index is 10.8. The van der Waals surface area contributed by atoms with Gasteiger partial charge in [0.15, 0.2) is 0 Å². The van der Waals surface area contributed by atoms with Gasteiger partial charge in [0.05, 0.1) is 35.0 Å². The highest BCUT2D eigenvalue weighted by Crippen LogP contribution is 2.64. The lowest BCUT2D eigenvalue weighted by molar-refractivity contribution is -0.384. The van der Waals surface area contributed by atoms with Crippen molar-refractivity contribution in [3.8, 4) is 0 Å². The molecule has 0 saturated carbocycles. The van der Waals surface area contributed by atoms with Crippen molar-refractivity contribution < 1.29 is 18.5 Å². The second-order valence-corrected chi connectivity index (χ2v) is 10.1. The van der Waals surface area contributed by atoms with E-state index in [0.717, 1.165) is 44.1 Å². The molecule has 0 spiro atoms. The zero-order valence-electron chi connectivity index (χ0n) is 19.1. The number of nitrogens with zero attached hydrogens (tertiary/aromatic N) is 3. The molecule has 32 heavy (non-hydrogen) atoms. The summed E-state index contributed by atoms with van der Waals surface area (Å²) in [7, 11) is -3.02. The lowest BCUT2D eigenvalue weighted by Crippen LogP contribution is -2.09. The summed E-state index contributed by atoms with van der Waals surface area (Å²) >= 11 is 12.8. The number of unbranched alkanes of at least 4 members (excludes halogenated alkanes) is 3. The first-order valence-electron chi connectivity index (χ1n) is 11.1. The molecule has 0 heterocycles. The van der Waals surface area contributed by atoms with Gasteiger partial charge in [0.25, 0.3) is 5.69 Å². The number of hydrogen-bond donors (Lipinski definition) is 0. The maximum atomic E-state index is 10.8. The Hall–Kier alpha value is -0.890. The lowest BCUT2D eigenvalue weighted by atomic mass is 10.1. The van der Waals surface area contributed by atoms with Crippen LogP contribution in [0.2, 0.25) is 0 Å². The molecule has 0 aliphatic heterocycles. The molecule has 0 bridgehead atoms. The molecule has 0 saturated heterocycles. The van der Waals surface area contributed by atoms with E-state index in [2.05, 4.69) is 30.8 Å². The molecule has 1 rings (SSSR count). The van der Waals surface area contributed by atoms with Gasteiger partial charge in [-0.2, -0.15) is 13.6 Å². The van der Waals surface area contributed by atoms with Crippen LogP contribution in [0, 0.1) is 10.1 Å². The molecule has 0 amide bonds. The average molecular weight is 511 g/mol. The third-order valence-electron chi connectivity index (χ3n) is 4.41. The molecule has 0 aliphatic rings. The highest BCUT2D eigenvalue weighted by molar-refractivity contribution is 7.59. The van der Waals surface area contributed by atoms with Crippen molar-refractivity contribution >= 4 is 37.0 Å². The Bertz CT molecular complexity index is 655. The van der Waals surface area contributed by atoms with E-state index in [1.165, 1.54) is 12.1 Å². The highest BCUT2D eigenvalue weighted by Gasteiger charge is 2.48. The first kappa shape index (κ1) is 29.1. The molecule has 1 aromatic rings. The normalized spacial score (nSPS) is 14.0. The largest absolute Gasteiger partial charge is 0.572 e. The molecule has 1 aromatic carbocycles. The number of rotatable bonds is 18. The fraction of sp³-hybridized carbons (Fsp3) is 0.714. The molecule has 0 aromatic heterocycles. The van der Waals surface area contributed by atoms with Crippen LogP contribution in [0.5, 0.6) is 0 Å². The first-order valence-corrected chi connectivity index (χ1v) is 13.5. The van der Waals surface area contributed by atoms with Gasteiger partial charge in [-0.25, -0.2) is 0 Å². The first-order chi connectivity index (χ1) is 15.4. The molecular formula is C21H35Cl2N3O5P+. The van der Waals surface area contributed by atoms with E-state index < -0.39 is 23.9 Å². The molecule has 8 nitrogen and oxygen atoms in total. The van der Waals surface area contributed by atoms with Crippen LogP contribution >= 0.6 is 31.3 Å². The van der Waals surface area contributed by atoms with E-state index >= 15 is 0 Å². The van der Waals surface area contributed by atoms with E-state index in [1.807, 2.05) is 0 Å². The summed E-state index contributed by atoms with van der Waals surface area (Å²) in [6, 6.07) is 6.06. The summed E-state index contributed by atoms with van der Waals surface area (Å²) < 4.78 is 18.0. The number of benzene rings is 1. The van der Waals surface area contributed by atoms with Crippen molar-refractivity contribution in [1.29, 1.82) is 0 Å². The summed E-state index contributed by atoms with van der Waals surface area (Å²) in [6.07, 6.45) is 5.79. The molecule has 182 valence electrons. The monoisotopic (exact) mass is 510 g/mol. The topological polar surface area (TPSA) is 95.6 Å². The van der Waals surface area contributed by atoms with Gasteiger partial charge < -0.3 is 0 Å². The van der Waals surface area contributed by atoms with Gasteiger partial charge in [-0.05, 0) is 24.8 Å². The van der Waals surface area contributed by atoms with Crippen LogP contribution in [0.4, 0.5) is 5.69 Å². The van der Waals surface area contributed by atoms with E-state index in [9.17, 15) is 10.1 Å². The number of non-ortho nitro benzene ring substituents is 1. The molecule has 0 fully saturated rings. The maximum Gasteiger partial charge on any atom is 0.572 e. The number of nitro groups is 1. The van der Waals surface area contributed by atoms with E-state index in [4.69, 9.17) is 36.8 Å². The van der Waals surface area contributed by atoms with Crippen LogP contribution in [-0.4, -0.2) is 30.2 Å². The molecule has 2 atom stereocenters. The van der Waals surface area contributed by atoms with Gasteiger partial charge in [0.1, 0.15) is 5.50 Å². The second-order valence-electron chi connectivity index (χ2n) is 7.22. The second kappa shape index (κ2) is 16.7. The molecule has 0 N–H and O–H groups in total. The van der Waals surface area contributed by atoms with Gasteiger partial charge in [0.2, 0.25) is 0 Å². The van der Waals surface area contributed by atoms with Crippen molar-refractivity contribution in [3.05, 3.63) is 39.9 Å². The Morgan fingerprint density at radius 2 is 1.41 bits per heavy atom. The van der Waals surface area contributed by atoms with Crippen molar-refractivity contribution in [2.75, 3.05) is 19.8 Å². The minimum absolute atomic E-state index is 0.00648. The standard InChI is InChI=1S/C21H35Cl2N3O5P/c1-4-7-14-29-32(30-15-8-5-2,31-16-9-6-3)25-24-21(23)17-20(22)18-10-12-19(13-11-18)26(27)28/h10-13,20-21H,4-9,14-17H2,1-3H3/q+1. The smallest absolute Gasteiger partial charge is 0.258 e. The van der Waals surface area contributed by atoms with Crippen LogP contribution < -0.4 is 0 Å². The highest BCUT2D eigenvalue weighted by atomic mass is 35.5. The van der Waals surface area contributed by atoms with Crippen LogP contribution in [-0.2, 0) is 13.6 Å². The Morgan fingerprint density at radius 1 is 0.938 bits per heavy atom. The Labute approximate surface area is 201 Å². The minimum Gasteiger partial charge on any atom is -0.258 e. The fourth-order valence-corrected chi connectivity index (χ4v) is 4.84. The van der Waals surface area contributed by atoms with Crippen molar-refractivity contribution in [3.63, 3.8) is 0 Å². The Morgan fingerprint density at radius 3 is 1.81 bits per heavy atom. The van der Waals surface area contributed by atoms with Gasteiger partial charge in [-0.15, -0.1) is 16.7 Å². The molecular weight excluding hydrogens is 476 g/mol. The van der Waals surface area contributed by atoms with Crippen LogP contribution in [0.25, 0.3) is 0 Å². The number of nitro benzene ring substituents is 1. The van der Waals surface area contributed by atoms with E-state index in [0.29, 0.717) is 19.8 Å². The SMILES string of the molecule is CCCCO[P+](N=NC(Cl)CC(Cl)c1ccc([N+](=O)[O-])cc1)(OCCCC)OCCCC. The summed E-state index contributed by atoms with van der Waals surface area (Å²) in [6.45, 7) is 7.64. The molecule has 0 radical (unpaired) electrons. The van der Waals surface area contributed by atoms with E-state index in [-0.39, 0.29) is 12.1 Å². The van der Waals surface area contributed by atoms with Gasteiger partial charge in [0, 0.05) is 18.6 Å². The number of halogens is 2. The Kier molecular flexibility index (Phi) is 15.2. The predicted molar refractivity (Wildman–Crippen MR) is 130 cm³/mol. The van der Waals surface area contributed by atoms with Gasteiger partial charge in [-0.1, -0.05) is 63.8 Å². The van der Waals surface area contributed by atoms with Crippen LogP contribution in [0.15, 0.2) is 34.3 Å². The number of alkyl halides is 2. The Balaban J connectivity index is 2.87. The quantitative estimate of drug-likeness (QED) is 0.0375. The third-order valence-corrected chi connectivity index (χ3v) is 6.96. The van der Waals surface area contributed by atoms with E-state index in [1.54, 1.807) is 12.1 Å². The summed E-state index contributed by atoms with van der Waals surface area (Å²) in [5, 5.41) is 14.6. The predicted octanol–water partition coefficient (Wildman–Crippen LogP) is 8.41. The lowest BCUT2D eigenvalue weighted by Gasteiger charge is -2.16. The van der Waals surface area contributed by atoms with Crippen molar-refractivity contribution in [2.24, 2.45) is 10.00 Å². The fourth-order valence-electron chi connectivity index (χ4n) is 2.44. The minimum atomic E-state index is -3.02. The molecule has 0 aliphatic carbocycles. The van der Waals surface area contributed by atoms with Crippen LogP contribution in [0.1, 0.15) is 76.7 Å². The van der Waals surface area contributed by atoms with Gasteiger partial charge in [-0.3, -0.25) is 10.1 Å². The molecule has 11 heteroatoms. The number of hydrogen-bond acceptors (Lipinski definition) is 7. The average Bonchev–Trinajstić information content (AvgIpc) is 2.78. The molecule has 2 unspecified atom stereocenters.